The largest absolute Gasteiger partial charge is 0.321 e. The van der Waals surface area contributed by atoms with Gasteiger partial charge in [0.1, 0.15) is 0 Å². The van der Waals surface area contributed by atoms with E-state index in [1.54, 1.807) is 12.1 Å². The minimum absolute atomic E-state index is 0.0449. The highest BCUT2D eigenvalue weighted by molar-refractivity contribution is 6.50. The Bertz CT molecular complexity index is 859. The van der Waals surface area contributed by atoms with Crippen LogP contribution in [0.1, 0.15) is 31.1 Å². The number of anilines is 1. The molecule has 23 heavy (non-hydrogen) atoms. The molecule has 0 bridgehead atoms. The van der Waals surface area contributed by atoms with Crippen LogP contribution in [0.2, 0.25) is 5.02 Å². The van der Waals surface area contributed by atoms with Crippen molar-refractivity contribution >= 4 is 40.8 Å². The highest BCUT2D eigenvalue weighted by Gasteiger charge is 2.32. The number of amides is 3. The Morgan fingerprint density at radius 1 is 0.957 bits per heavy atom. The van der Waals surface area contributed by atoms with E-state index < -0.39 is 23.5 Å². The Hall–Kier alpha value is -2.99. The molecule has 0 fully saturated rings. The lowest BCUT2D eigenvalue weighted by Gasteiger charge is -2.17. The number of fused-ring (bicyclic) bond motifs is 1. The molecule has 0 atom stereocenters. The quantitative estimate of drug-likeness (QED) is 0.652. The Morgan fingerprint density at radius 2 is 1.65 bits per heavy atom. The number of ketones is 1. The van der Waals surface area contributed by atoms with Gasteiger partial charge in [-0.15, -0.1) is 0 Å². The van der Waals surface area contributed by atoms with Crippen LogP contribution < -0.4 is 10.6 Å². The van der Waals surface area contributed by atoms with Crippen molar-refractivity contribution in [2.45, 2.75) is 0 Å². The van der Waals surface area contributed by atoms with Gasteiger partial charge in [0, 0.05) is 10.6 Å². The number of imide groups is 1. The van der Waals surface area contributed by atoms with Gasteiger partial charge in [0.05, 0.1) is 16.8 Å². The highest BCUT2D eigenvalue weighted by atomic mass is 35.5. The lowest BCUT2D eigenvalue weighted by Crippen LogP contribution is -2.42. The molecule has 6 nitrogen and oxygen atoms in total. The average molecular weight is 329 g/mol. The van der Waals surface area contributed by atoms with Crippen molar-refractivity contribution in [3.05, 3.63) is 64.2 Å². The van der Waals surface area contributed by atoms with Crippen LogP contribution in [0.15, 0.2) is 42.5 Å². The van der Waals surface area contributed by atoms with Crippen molar-refractivity contribution in [2.75, 3.05) is 5.32 Å². The summed E-state index contributed by atoms with van der Waals surface area (Å²) in [4.78, 5) is 47.5. The first-order valence-electron chi connectivity index (χ1n) is 6.57. The summed E-state index contributed by atoms with van der Waals surface area (Å²) in [6, 6.07) is 10.5. The number of Topliss-reactive ketones (excluding diaryl/α,β-unsaturated/α-hetero) is 1. The van der Waals surface area contributed by atoms with Crippen LogP contribution in [-0.2, 0) is 4.79 Å². The van der Waals surface area contributed by atoms with E-state index in [2.05, 4.69) is 5.32 Å². The summed E-state index contributed by atoms with van der Waals surface area (Å²) >= 11 is 5.76. The Labute approximate surface area is 135 Å². The molecular weight excluding hydrogens is 320 g/mol. The number of rotatable bonds is 2. The monoisotopic (exact) mass is 328 g/mol. The van der Waals surface area contributed by atoms with Crippen LogP contribution in [0.4, 0.5) is 5.69 Å². The van der Waals surface area contributed by atoms with Crippen LogP contribution in [-0.4, -0.2) is 23.5 Å². The van der Waals surface area contributed by atoms with Gasteiger partial charge < -0.3 is 5.32 Å². The van der Waals surface area contributed by atoms with Crippen molar-refractivity contribution in [3.63, 3.8) is 0 Å². The first-order chi connectivity index (χ1) is 11.0. The van der Waals surface area contributed by atoms with Gasteiger partial charge in [-0.05, 0) is 36.4 Å². The van der Waals surface area contributed by atoms with Crippen LogP contribution in [0, 0.1) is 0 Å². The van der Waals surface area contributed by atoms with Gasteiger partial charge >= 0.3 is 0 Å². The normalized spacial score (nSPS) is 13.3. The molecule has 3 amide bonds. The predicted octanol–water partition coefficient (Wildman–Crippen LogP) is 2.04. The van der Waals surface area contributed by atoms with Crippen LogP contribution in [0.25, 0.3) is 0 Å². The fraction of sp³-hybridized carbons (Fsp3) is 0. The van der Waals surface area contributed by atoms with Gasteiger partial charge in [-0.1, -0.05) is 17.7 Å². The molecule has 1 aliphatic heterocycles. The molecule has 1 heterocycles. The molecule has 0 spiro atoms. The molecule has 1 aliphatic rings. The van der Waals surface area contributed by atoms with E-state index in [1.165, 1.54) is 30.3 Å². The molecule has 0 saturated carbocycles. The third-order valence-electron chi connectivity index (χ3n) is 3.32. The number of benzene rings is 2. The first-order valence-corrected chi connectivity index (χ1v) is 6.95. The third-order valence-corrected chi connectivity index (χ3v) is 3.58. The number of carbonyl (C=O) groups excluding carboxylic acids is 4. The second kappa shape index (κ2) is 5.66. The van der Waals surface area contributed by atoms with Gasteiger partial charge in [-0.25, -0.2) is 0 Å². The lowest BCUT2D eigenvalue weighted by molar-refractivity contribution is -0.116. The molecule has 3 rings (SSSR count). The number of nitrogens with one attached hydrogen (secondary N) is 2. The number of carbonyl (C=O) groups is 4. The van der Waals surface area contributed by atoms with Crippen LogP contribution >= 0.6 is 11.6 Å². The van der Waals surface area contributed by atoms with Gasteiger partial charge in [-0.3, -0.25) is 24.5 Å². The molecule has 0 radical (unpaired) electrons. The maximum atomic E-state index is 12.2. The van der Waals surface area contributed by atoms with E-state index in [1.807, 2.05) is 5.32 Å². The minimum atomic E-state index is -1.02. The fourth-order valence-corrected chi connectivity index (χ4v) is 2.35. The van der Waals surface area contributed by atoms with Crippen molar-refractivity contribution in [1.29, 1.82) is 0 Å². The van der Waals surface area contributed by atoms with Crippen LogP contribution in [0.5, 0.6) is 0 Å². The Balaban J connectivity index is 1.98. The second-order valence-corrected chi connectivity index (χ2v) is 5.24. The first kappa shape index (κ1) is 14.9. The summed E-state index contributed by atoms with van der Waals surface area (Å²) in [6.45, 7) is 0. The summed E-state index contributed by atoms with van der Waals surface area (Å²) in [7, 11) is 0. The summed E-state index contributed by atoms with van der Waals surface area (Å²) in [5.74, 6) is -3.05. The van der Waals surface area contributed by atoms with Crippen molar-refractivity contribution in [2.24, 2.45) is 0 Å². The third kappa shape index (κ3) is 2.72. The maximum Gasteiger partial charge on any atom is 0.299 e. The Morgan fingerprint density at radius 3 is 2.35 bits per heavy atom. The SMILES string of the molecule is O=C1NC(=O)c2cccc(NC(=O)c3ccc(Cl)cc3)c2C1=O. The molecule has 7 heteroatoms. The molecule has 114 valence electrons. The molecular formula is C16H9ClN2O4. The van der Waals surface area contributed by atoms with Gasteiger partial charge in [0.25, 0.3) is 23.5 Å². The molecule has 0 aromatic heterocycles. The summed E-state index contributed by atoms with van der Waals surface area (Å²) in [5, 5.41) is 4.97. The van der Waals surface area contributed by atoms with Gasteiger partial charge in [0.15, 0.2) is 0 Å². The summed E-state index contributed by atoms with van der Waals surface area (Å²) in [6.07, 6.45) is 0. The number of hydrogen-bond acceptors (Lipinski definition) is 4. The predicted molar refractivity (Wildman–Crippen MR) is 82.7 cm³/mol. The minimum Gasteiger partial charge on any atom is -0.321 e. The summed E-state index contributed by atoms with van der Waals surface area (Å²) < 4.78 is 0. The zero-order valence-electron chi connectivity index (χ0n) is 11.6. The standard InChI is InChI=1S/C16H9ClN2O4/c17-9-6-4-8(5-7-9)14(21)18-11-3-1-2-10-12(11)13(20)16(23)19-15(10)22/h1-7H,(H,18,21)(H,19,22,23). The lowest BCUT2D eigenvalue weighted by atomic mass is 9.96. The molecule has 0 unspecified atom stereocenters. The van der Waals surface area contributed by atoms with Crippen molar-refractivity contribution in [3.8, 4) is 0 Å². The van der Waals surface area contributed by atoms with Gasteiger partial charge in [0.2, 0.25) is 0 Å². The van der Waals surface area contributed by atoms with E-state index in [0.717, 1.165) is 0 Å². The van der Waals surface area contributed by atoms with Crippen LogP contribution in [0.3, 0.4) is 0 Å². The molecule has 2 aromatic carbocycles. The molecule has 0 saturated heterocycles. The van der Waals surface area contributed by atoms with E-state index in [9.17, 15) is 19.2 Å². The zero-order valence-corrected chi connectivity index (χ0v) is 12.3. The van der Waals surface area contributed by atoms with Gasteiger partial charge in [-0.2, -0.15) is 0 Å². The maximum absolute atomic E-state index is 12.2. The van der Waals surface area contributed by atoms with Crippen molar-refractivity contribution < 1.29 is 19.2 Å². The molecule has 2 N–H and O–H groups in total. The summed E-state index contributed by atoms with van der Waals surface area (Å²) in [5.41, 5.74) is 0.369. The van der Waals surface area contributed by atoms with E-state index in [-0.39, 0.29) is 16.8 Å². The molecule has 0 aliphatic carbocycles. The van der Waals surface area contributed by atoms with Crippen molar-refractivity contribution in [1.82, 2.24) is 5.32 Å². The van der Waals surface area contributed by atoms with E-state index in [4.69, 9.17) is 11.6 Å². The van der Waals surface area contributed by atoms with E-state index in [0.29, 0.717) is 10.6 Å². The van der Waals surface area contributed by atoms with E-state index >= 15 is 0 Å². The molecule has 2 aromatic rings. The second-order valence-electron chi connectivity index (χ2n) is 4.80. The average Bonchev–Trinajstić information content (AvgIpc) is 2.53. The Kier molecular flexibility index (Phi) is 3.67. The highest BCUT2D eigenvalue weighted by Crippen LogP contribution is 2.24. The smallest absolute Gasteiger partial charge is 0.299 e. The number of halogens is 1. The topological polar surface area (TPSA) is 92.3 Å². The number of hydrogen-bond donors (Lipinski definition) is 2. The zero-order chi connectivity index (χ0) is 16.6. The fourth-order valence-electron chi connectivity index (χ4n) is 2.23.